The van der Waals surface area contributed by atoms with Crippen LogP contribution in [-0.2, 0) is 43.5 Å². The molecule has 9 nitrogen and oxygen atoms in total. The van der Waals surface area contributed by atoms with Crippen molar-refractivity contribution < 1.29 is 28.5 Å². The third-order valence-corrected chi connectivity index (χ3v) is 6.42. The lowest BCUT2D eigenvalue weighted by atomic mass is 10.1. The van der Waals surface area contributed by atoms with Gasteiger partial charge in [-0.1, -0.05) is 96.2 Å². The summed E-state index contributed by atoms with van der Waals surface area (Å²) in [4.78, 5) is 12.0. The van der Waals surface area contributed by atoms with Gasteiger partial charge in [0.25, 0.3) is 0 Å². The first-order valence-electron chi connectivity index (χ1n) is 12.8. The molecule has 1 aliphatic heterocycles. The monoisotopic (exact) mass is 529 g/mol. The molecule has 1 saturated heterocycles. The molecule has 0 spiro atoms. The number of hydrogen-bond acceptors (Lipinski definition) is 8. The van der Waals surface area contributed by atoms with Gasteiger partial charge in [-0.25, -0.2) is 9.48 Å². The quantitative estimate of drug-likeness (QED) is 0.250. The van der Waals surface area contributed by atoms with Crippen molar-refractivity contribution in [1.29, 1.82) is 0 Å². The second-order valence-corrected chi connectivity index (χ2v) is 9.16. The lowest BCUT2D eigenvalue weighted by molar-refractivity contribution is -0.0936. The summed E-state index contributed by atoms with van der Waals surface area (Å²) >= 11 is 0. The van der Waals surface area contributed by atoms with Gasteiger partial charge >= 0.3 is 5.97 Å². The average Bonchev–Trinajstić information content (AvgIpc) is 3.61. The van der Waals surface area contributed by atoms with E-state index in [1.165, 1.54) is 18.0 Å². The van der Waals surface area contributed by atoms with Crippen molar-refractivity contribution in [3.8, 4) is 0 Å². The van der Waals surface area contributed by atoms with Gasteiger partial charge in [-0.2, -0.15) is 0 Å². The lowest BCUT2D eigenvalue weighted by Crippen LogP contribution is -2.38. The molecule has 1 aromatic heterocycles. The normalized spacial score (nSPS) is 20.6. The maximum absolute atomic E-state index is 12.0. The van der Waals surface area contributed by atoms with Gasteiger partial charge in [0.15, 0.2) is 11.9 Å². The number of carbonyl (C=O) groups is 1. The molecule has 2 heterocycles. The molecule has 0 N–H and O–H groups in total. The molecule has 5 rings (SSSR count). The minimum absolute atomic E-state index is 0.0773. The molecule has 0 radical (unpaired) electrons. The fraction of sp³-hybridized carbons (Fsp3) is 0.300. The molecular weight excluding hydrogens is 498 g/mol. The summed E-state index contributed by atoms with van der Waals surface area (Å²) in [5.74, 6) is -0.583. The van der Waals surface area contributed by atoms with Crippen molar-refractivity contribution >= 4 is 5.97 Å². The Kier molecular flexibility index (Phi) is 9.08. The highest BCUT2D eigenvalue weighted by molar-refractivity contribution is 5.86. The number of methoxy groups -OCH3 is 1. The second kappa shape index (κ2) is 13.3. The van der Waals surface area contributed by atoms with E-state index in [-0.39, 0.29) is 12.3 Å². The predicted octanol–water partition coefficient (Wildman–Crippen LogP) is 4.35. The van der Waals surface area contributed by atoms with Crippen LogP contribution in [0.1, 0.15) is 33.4 Å². The Labute approximate surface area is 227 Å². The average molecular weight is 530 g/mol. The number of aromatic nitrogens is 3. The summed E-state index contributed by atoms with van der Waals surface area (Å²) in [5.41, 5.74) is 3.18. The van der Waals surface area contributed by atoms with E-state index in [9.17, 15) is 4.79 Å². The van der Waals surface area contributed by atoms with Gasteiger partial charge < -0.3 is 23.7 Å². The molecule has 3 aromatic carbocycles. The largest absolute Gasteiger partial charge is 0.464 e. The Morgan fingerprint density at radius 2 is 1.33 bits per heavy atom. The smallest absolute Gasteiger partial charge is 0.360 e. The number of ether oxygens (including phenoxy) is 5. The highest BCUT2D eigenvalue weighted by Crippen LogP contribution is 2.35. The van der Waals surface area contributed by atoms with Crippen molar-refractivity contribution in [2.45, 2.75) is 44.4 Å². The first kappa shape index (κ1) is 26.7. The van der Waals surface area contributed by atoms with E-state index in [1.54, 1.807) is 0 Å². The van der Waals surface area contributed by atoms with Crippen LogP contribution in [0.15, 0.2) is 97.2 Å². The lowest BCUT2D eigenvalue weighted by Gasteiger charge is -2.25. The van der Waals surface area contributed by atoms with E-state index in [2.05, 4.69) is 10.3 Å². The molecule has 0 bridgehead atoms. The van der Waals surface area contributed by atoms with E-state index >= 15 is 0 Å². The van der Waals surface area contributed by atoms with Gasteiger partial charge in [0.1, 0.15) is 18.3 Å². The standard InChI is InChI=1S/C30H31N3O6/c1-35-30(34)25-17-33(32-31-25)29-28(38-20-24-15-9-4-10-16-24)27(37-19-23-13-7-3-8-14-23)26(39-29)21-36-18-22-11-5-2-6-12-22/h2-17,26-29H,18-21H2,1H3/t26-,27-,28+,29+/m1/s1. The fourth-order valence-electron chi connectivity index (χ4n) is 4.43. The minimum atomic E-state index is -0.703. The molecule has 1 aliphatic rings. The van der Waals surface area contributed by atoms with E-state index < -0.39 is 30.5 Å². The van der Waals surface area contributed by atoms with Crippen molar-refractivity contribution in [2.24, 2.45) is 0 Å². The molecule has 1 fully saturated rings. The molecule has 4 aromatic rings. The van der Waals surface area contributed by atoms with Crippen molar-refractivity contribution in [2.75, 3.05) is 13.7 Å². The molecule has 202 valence electrons. The van der Waals surface area contributed by atoms with Gasteiger partial charge in [-0.15, -0.1) is 5.10 Å². The molecule has 0 unspecified atom stereocenters. The van der Waals surface area contributed by atoms with E-state index in [0.717, 1.165) is 16.7 Å². The van der Waals surface area contributed by atoms with Crippen LogP contribution in [0.25, 0.3) is 0 Å². The van der Waals surface area contributed by atoms with Gasteiger partial charge in [0.05, 0.1) is 39.7 Å². The minimum Gasteiger partial charge on any atom is -0.464 e. The summed E-state index contributed by atoms with van der Waals surface area (Å²) in [6.45, 7) is 1.41. The Bertz CT molecular complexity index is 1300. The first-order valence-corrected chi connectivity index (χ1v) is 12.8. The number of carbonyl (C=O) groups excluding carboxylic acids is 1. The third kappa shape index (κ3) is 6.96. The summed E-state index contributed by atoms with van der Waals surface area (Å²) < 4.78 is 31.7. The van der Waals surface area contributed by atoms with E-state index in [1.807, 2.05) is 91.0 Å². The number of nitrogens with zero attached hydrogens (tertiary/aromatic N) is 3. The summed E-state index contributed by atoms with van der Waals surface area (Å²) in [6.07, 6.45) is -0.719. The first-order chi connectivity index (χ1) is 19.2. The van der Waals surface area contributed by atoms with Gasteiger partial charge in [0, 0.05) is 0 Å². The van der Waals surface area contributed by atoms with Crippen molar-refractivity contribution in [1.82, 2.24) is 15.0 Å². The molecule has 9 heteroatoms. The van der Waals surface area contributed by atoms with Crippen LogP contribution in [-0.4, -0.2) is 53.0 Å². The zero-order valence-corrected chi connectivity index (χ0v) is 21.7. The maximum atomic E-state index is 12.0. The number of esters is 1. The highest BCUT2D eigenvalue weighted by Gasteiger charge is 2.48. The Morgan fingerprint density at radius 1 is 0.795 bits per heavy atom. The van der Waals surface area contributed by atoms with E-state index in [4.69, 9.17) is 23.7 Å². The summed E-state index contributed by atoms with van der Waals surface area (Å²) in [5, 5.41) is 8.11. The van der Waals surface area contributed by atoms with Gasteiger partial charge in [-0.05, 0) is 16.7 Å². The SMILES string of the molecule is COC(=O)c1cn([C@H]2O[C@H](COCc3ccccc3)[C@@H](OCc3ccccc3)[C@@H]2OCc2ccccc2)nn1. The zero-order chi connectivity index (χ0) is 26.9. The molecule has 39 heavy (non-hydrogen) atoms. The molecular formula is C30H31N3O6. The topological polar surface area (TPSA) is 93.9 Å². The van der Waals surface area contributed by atoms with Crippen LogP contribution < -0.4 is 0 Å². The number of hydrogen-bond donors (Lipinski definition) is 0. The van der Waals surface area contributed by atoms with Crippen LogP contribution in [0.2, 0.25) is 0 Å². The molecule has 0 amide bonds. The maximum Gasteiger partial charge on any atom is 0.360 e. The predicted molar refractivity (Wildman–Crippen MR) is 141 cm³/mol. The molecule has 4 atom stereocenters. The van der Waals surface area contributed by atoms with Crippen LogP contribution in [0, 0.1) is 0 Å². The zero-order valence-electron chi connectivity index (χ0n) is 21.7. The van der Waals surface area contributed by atoms with Gasteiger partial charge in [0.2, 0.25) is 0 Å². The highest BCUT2D eigenvalue weighted by atomic mass is 16.6. The van der Waals surface area contributed by atoms with Crippen LogP contribution in [0.3, 0.4) is 0 Å². The Balaban J connectivity index is 1.38. The van der Waals surface area contributed by atoms with Crippen molar-refractivity contribution in [3.63, 3.8) is 0 Å². The van der Waals surface area contributed by atoms with Crippen LogP contribution in [0.5, 0.6) is 0 Å². The number of rotatable bonds is 12. The van der Waals surface area contributed by atoms with Crippen LogP contribution in [0.4, 0.5) is 0 Å². The van der Waals surface area contributed by atoms with E-state index in [0.29, 0.717) is 19.8 Å². The Morgan fingerprint density at radius 3 is 1.90 bits per heavy atom. The Hall–Kier alpha value is -3.89. The second-order valence-electron chi connectivity index (χ2n) is 9.16. The number of benzene rings is 3. The van der Waals surface area contributed by atoms with Crippen LogP contribution >= 0.6 is 0 Å². The van der Waals surface area contributed by atoms with Crippen molar-refractivity contribution in [3.05, 3.63) is 120 Å². The summed E-state index contributed by atoms with van der Waals surface area (Å²) in [7, 11) is 1.30. The molecule has 0 aliphatic carbocycles. The fourth-order valence-corrected chi connectivity index (χ4v) is 4.43. The summed E-state index contributed by atoms with van der Waals surface area (Å²) in [6, 6.07) is 29.7. The third-order valence-electron chi connectivity index (χ3n) is 6.42. The molecule has 0 saturated carbocycles. The van der Waals surface area contributed by atoms with Gasteiger partial charge in [-0.3, -0.25) is 0 Å².